The van der Waals surface area contributed by atoms with Crippen LogP contribution in [0.3, 0.4) is 0 Å². The SMILES string of the molecule is CC(CCCO)CCCC#N. The summed E-state index contributed by atoms with van der Waals surface area (Å²) in [5.74, 6) is 0.662. The van der Waals surface area contributed by atoms with Crippen molar-refractivity contribution in [1.82, 2.24) is 0 Å². The lowest BCUT2D eigenvalue weighted by atomic mass is 9.99. The van der Waals surface area contributed by atoms with Crippen LogP contribution >= 0.6 is 0 Å². The molecule has 0 saturated carbocycles. The molecule has 0 amide bonds. The highest BCUT2D eigenvalue weighted by Gasteiger charge is 2.00. The summed E-state index contributed by atoms with van der Waals surface area (Å²) in [5, 5.41) is 16.8. The highest BCUT2D eigenvalue weighted by atomic mass is 16.2. The molecular weight excluding hydrogens is 138 g/mol. The van der Waals surface area contributed by atoms with Crippen molar-refractivity contribution in [3.05, 3.63) is 0 Å². The maximum absolute atomic E-state index is 8.53. The van der Waals surface area contributed by atoms with E-state index in [0.717, 1.165) is 25.7 Å². The quantitative estimate of drug-likeness (QED) is 0.597. The molecule has 0 radical (unpaired) electrons. The van der Waals surface area contributed by atoms with Gasteiger partial charge in [0.2, 0.25) is 0 Å². The first kappa shape index (κ1) is 10.4. The Hall–Kier alpha value is -0.550. The van der Waals surface area contributed by atoms with Crippen LogP contribution in [0.15, 0.2) is 0 Å². The van der Waals surface area contributed by atoms with E-state index in [1.165, 1.54) is 0 Å². The van der Waals surface area contributed by atoms with Gasteiger partial charge >= 0.3 is 0 Å². The Balaban J connectivity index is 3.10. The van der Waals surface area contributed by atoms with E-state index in [0.29, 0.717) is 18.9 Å². The van der Waals surface area contributed by atoms with Crippen molar-refractivity contribution in [3.63, 3.8) is 0 Å². The molecule has 0 fully saturated rings. The van der Waals surface area contributed by atoms with Gasteiger partial charge in [-0.2, -0.15) is 5.26 Å². The number of aliphatic hydroxyl groups excluding tert-OH is 1. The van der Waals surface area contributed by atoms with Crippen molar-refractivity contribution in [2.75, 3.05) is 6.61 Å². The number of hydrogen-bond acceptors (Lipinski definition) is 2. The highest BCUT2D eigenvalue weighted by Crippen LogP contribution is 2.12. The third-order valence-electron chi connectivity index (χ3n) is 1.84. The predicted octanol–water partition coefficient (Wildman–Crippen LogP) is 2.09. The van der Waals surface area contributed by atoms with Crippen LogP contribution in [-0.2, 0) is 0 Å². The van der Waals surface area contributed by atoms with Crippen LogP contribution in [-0.4, -0.2) is 11.7 Å². The molecule has 0 aliphatic carbocycles. The lowest BCUT2D eigenvalue weighted by Crippen LogP contribution is -1.96. The van der Waals surface area contributed by atoms with E-state index >= 15 is 0 Å². The minimum atomic E-state index is 0.294. The molecule has 0 aromatic rings. The number of nitrogens with zero attached hydrogens (tertiary/aromatic N) is 1. The van der Waals surface area contributed by atoms with E-state index in [1.807, 2.05) is 0 Å². The van der Waals surface area contributed by atoms with E-state index < -0.39 is 0 Å². The molecule has 2 nitrogen and oxygen atoms in total. The fraction of sp³-hybridized carbons (Fsp3) is 0.889. The van der Waals surface area contributed by atoms with Crippen LogP contribution in [0.25, 0.3) is 0 Å². The van der Waals surface area contributed by atoms with Gasteiger partial charge in [0.1, 0.15) is 0 Å². The first-order valence-corrected chi connectivity index (χ1v) is 4.29. The Morgan fingerprint density at radius 1 is 1.36 bits per heavy atom. The Morgan fingerprint density at radius 3 is 2.55 bits per heavy atom. The molecule has 2 heteroatoms. The second kappa shape index (κ2) is 7.56. The van der Waals surface area contributed by atoms with Crippen LogP contribution < -0.4 is 0 Å². The molecule has 0 rings (SSSR count). The Kier molecular flexibility index (Phi) is 7.18. The number of hydrogen-bond donors (Lipinski definition) is 1. The molecule has 0 aromatic carbocycles. The van der Waals surface area contributed by atoms with Gasteiger partial charge in [0.25, 0.3) is 0 Å². The molecular formula is C9H17NO. The fourth-order valence-electron chi connectivity index (χ4n) is 1.11. The van der Waals surface area contributed by atoms with E-state index in [-0.39, 0.29) is 0 Å². The summed E-state index contributed by atoms with van der Waals surface area (Å²) in [6.45, 7) is 2.47. The predicted molar refractivity (Wildman–Crippen MR) is 44.9 cm³/mol. The Morgan fingerprint density at radius 2 is 2.00 bits per heavy atom. The van der Waals surface area contributed by atoms with Gasteiger partial charge in [0, 0.05) is 13.0 Å². The first-order chi connectivity index (χ1) is 5.31. The topological polar surface area (TPSA) is 44.0 Å². The maximum Gasteiger partial charge on any atom is 0.0621 e. The summed E-state index contributed by atoms with van der Waals surface area (Å²) < 4.78 is 0. The van der Waals surface area contributed by atoms with Gasteiger partial charge in [-0.1, -0.05) is 6.92 Å². The minimum Gasteiger partial charge on any atom is -0.396 e. The van der Waals surface area contributed by atoms with Crippen LogP contribution in [0.1, 0.15) is 39.0 Å². The zero-order chi connectivity index (χ0) is 8.53. The maximum atomic E-state index is 8.53. The molecule has 1 N–H and O–H groups in total. The van der Waals surface area contributed by atoms with Crippen LogP contribution in [0.2, 0.25) is 0 Å². The number of aliphatic hydroxyl groups is 1. The smallest absolute Gasteiger partial charge is 0.0621 e. The summed E-state index contributed by atoms with van der Waals surface area (Å²) in [4.78, 5) is 0. The number of nitriles is 1. The van der Waals surface area contributed by atoms with Crippen LogP contribution in [0, 0.1) is 17.2 Å². The van der Waals surface area contributed by atoms with E-state index in [2.05, 4.69) is 13.0 Å². The van der Waals surface area contributed by atoms with Crippen molar-refractivity contribution in [1.29, 1.82) is 5.26 Å². The Labute approximate surface area is 68.8 Å². The van der Waals surface area contributed by atoms with Gasteiger partial charge in [0.15, 0.2) is 0 Å². The summed E-state index contributed by atoms with van der Waals surface area (Å²) in [7, 11) is 0. The van der Waals surface area contributed by atoms with Crippen LogP contribution in [0.4, 0.5) is 0 Å². The lowest BCUT2D eigenvalue weighted by molar-refractivity contribution is 0.271. The summed E-state index contributed by atoms with van der Waals surface area (Å²) in [6.07, 6.45) is 4.77. The molecule has 64 valence electrons. The van der Waals surface area contributed by atoms with Gasteiger partial charge in [0.05, 0.1) is 6.07 Å². The molecule has 0 heterocycles. The van der Waals surface area contributed by atoms with Crippen LogP contribution in [0.5, 0.6) is 0 Å². The van der Waals surface area contributed by atoms with Gasteiger partial charge in [-0.3, -0.25) is 0 Å². The molecule has 1 unspecified atom stereocenters. The Bertz CT molecular complexity index is 117. The zero-order valence-electron chi connectivity index (χ0n) is 7.21. The van der Waals surface area contributed by atoms with Gasteiger partial charge in [-0.15, -0.1) is 0 Å². The fourth-order valence-corrected chi connectivity index (χ4v) is 1.11. The van der Waals surface area contributed by atoms with Crippen molar-refractivity contribution in [3.8, 4) is 6.07 Å². The first-order valence-electron chi connectivity index (χ1n) is 4.29. The van der Waals surface area contributed by atoms with E-state index in [9.17, 15) is 0 Å². The van der Waals surface area contributed by atoms with Gasteiger partial charge in [-0.25, -0.2) is 0 Å². The summed E-state index contributed by atoms with van der Waals surface area (Å²) >= 11 is 0. The average molecular weight is 155 g/mol. The van der Waals surface area contributed by atoms with Crippen molar-refractivity contribution in [2.45, 2.75) is 39.0 Å². The highest BCUT2D eigenvalue weighted by molar-refractivity contribution is 4.69. The van der Waals surface area contributed by atoms with Crippen molar-refractivity contribution in [2.24, 2.45) is 5.92 Å². The largest absolute Gasteiger partial charge is 0.396 e. The average Bonchev–Trinajstić information content (AvgIpc) is 2.01. The molecule has 0 aromatic heterocycles. The second-order valence-corrected chi connectivity index (χ2v) is 3.02. The van der Waals surface area contributed by atoms with Crippen molar-refractivity contribution < 1.29 is 5.11 Å². The van der Waals surface area contributed by atoms with E-state index in [1.54, 1.807) is 0 Å². The monoisotopic (exact) mass is 155 g/mol. The standard InChI is InChI=1S/C9H17NO/c1-9(6-4-8-11)5-2-3-7-10/h9,11H,2-6,8H2,1H3. The number of rotatable bonds is 6. The molecule has 0 aliphatic heterocycles. The van der Waals surface area contributed by atoms with Gasteiger partial charge in [-0.05, 0) is 31.6 Å². The second-order valence-electron chi connectivity index (χ2n) is 3.02. The van der Waals surface area contributed by atoms with Gasteiger partial charge < -0.3 is 5.11 Å². The third kappa shape index (κ3) is 7.35. The van der Waals surface area contributed by atoms with E-state index in [4.69, 9.17) is 10.4 Å². The third-order valence-corrected chi connectivity index (χ3v) is 1.84. The molecule has 0 bridgehead atoms. The molecule has 11 heavy (non-hydrogen) atoms. The molecule has 0 saturated heterocycles. The summed E-state index contributed by atoms with van der Waals surface area (Å²) in [6, 6.07) is 2.13. The molecule has 0 spiro atoms. The number of unbranched alkanes of at least 4 members (excludes halogenated alkanes) is 1. The molecule has 0 aliphatic rings. The zero-order valence-corrected chi connectivity index (χ0v) is 7.21. The lowest BCUT2D eigenvalue weighted by Gasteiger charge is -2.07. The minimum absolute atomic E-state index is 0.294. The normalized spacial score (nSPS) is 12.5. The molecule has 1 atom stereocenters. The van der Waals surface area contributed by atoms with Crippen molar-refractivity contribution >= 4 is 0 Å². The summed E-state index contributed by atoms with van der Waals surface area (Å²) in [5.41, 5.74) is 0.